The summed E-state index contributed by atoms with van der Waals surface area (Å²) in [7, 11) is 1.37. The fourth-order valence-electron chi connectivity index (χ4n) is 1.41. The lowest BCUT2D eigenvalue weighted by molar-refractivity contribution is 0.0663. The zero-order valence-corrected chi connectivity index (χ0v) is 9.44. The predicted molar refractivity (Wildman–Crippen MR) is 61.9 cm³/mol. The lowest BCUT2D eigenvalue weighted by Gasteiger charge is -2.05. The number of aromatic carboxylic acids is 1. The summed E-state index contributed by atoms with van der Waals surface area (Å²) in [5.41, 5.74) is 0.430. The Labute approximate surface area is 102 Å². The van der Waals surface area contributed by atoms with Gasteiger partial charge in [0.05, 0.1) is 7.11 Å². The number of methoxy groups -OCH3 is 1. The molecule has 0 aliphatic carbocycles. The van der Waals surface area contributed by atoms with Gasteiger partial charge in [-0.15, -0.1) is 0 Å². The summed E-state index contributed by atoms with van der Waals surface area (Å²) in [6.45, 7) is 0. The maximum absolute atomic E-state index is 13.4. The highest BCUT2D eigenvalue weighted by Gasteiger charge is 2.09. The van der Waals surface area contributed by atoms with Crippen LogP contribution in [-0.4, -0.2) is 18.2 Å². The molecule has 2 aromatic rings. The molecule has 0 radical (unpaired) electrons. The van der Waals surface area contributed by atoms with Gasteiger partial charge in [0.15, 0.2) is 17.5 Å². The number of halogens is 1. The van der Waals surface area contributed by atoms with Crippen LogP contribution in [0.1, 0.15) is 10.6 Å². The van der Waals surface area contributed by atoms with Gasteiger partial charge in [-0.25, -0.2) is 9.18 Å². The maximum Gasteiger partial charge on any atom is 0.371 e. The van der Waals surface area contributed by atoms with Crippen molar-refractivity contribution in [2.75, 3.05) is 12.4 Å². The fraction of sp³-hybridized carbons (Fsp3) is 0.0833. The summed E-state index contributed by atoms with van der Waals surface area (Å²) in [5.74, 6) is -1.52. The van der Waals surface area contributed by atoms with Crippen LogP contribution >= 0.6 is 0 Å². The minimum absolute atomic E-state index is 0.131. The van der Waals surface area contributed by atoms with E-state index < -0.39 is 11.8 Å². The minimum atomic E-state index is -1.16. The molecule has 1 aromatic carbocycles. The van der Waals surface area contributed by atoms with E-state index in [0.717, 1.165) is 0 Å². The topological polar surface area (TPSA) is 71.7 Å². The molecule has 6 heteroatoms. The fourth-order valence-corrected chi connectivity index (χ4v) is 1.41. The van der Waals surface area contributed by atoms with Crippen molar-refractivity contribution in [3.05, 3.63) is 41.9 Å². The molecule has 0 atom stereocenters. The first-order valence-electron chi connectivity index (χ1n) is 5.04. The molecule has 2 N–H and O–H groups in total. The van der Waals surface area contributed by atoms with Crippen molar-refractivity contribution < 1.29 is 23.4 Å². The second-order valence-electron chi connectivity index (χ2n) is 3.44. The first kappa shape index (κ1) is 12.0. The number of nitrogens with one attached hydrogen (secondary N) is 1. The molecule has 0 amide bonds. The number of carboxylic acid groups (broad SMARTS) is 1. The van der Waals surface area contributed by atoms with Crippen LogP contribution in [0, 0.1) is 5.82 Å². The van der Waals surface area contributed by atoms with E-state index in [1.165, 1.54) is 31.4 Å². The summed E-state index contributed by atoms with van der Waals surface area (Å²) < 4.78 is 23.2. The smallest absolute Gasteiger partial charge is 0.371 e. The van der Waals surface area contributed by atoms with Gasteiger partial charge in [0.25, 0.3) is 0 Å². The predicted octanol–water partition coefficient (Wildman–Crippen LogP) is 2.87. The summed E-state index contributed by atoms with van der Waals surface area (Å²) in [5, 5.41) is 11.4. The molecule has 94 valence electrons. The first-order valence-corrected chi connectivity index (χ1v) is 5.04. The van der Waals surface area contributed by atoms with Crippen LogP contribution in [0.25, 0.3) is 0 Å². The standard InChI is InChI=1S/C12H10FNO4/c1-17-9-3-2-7(6-8(9)13)14-11-5-4-10(18-11)12(15)16/h2-6,14H,1H3,(H,15,16). The van der Waals surface area contributed by atoms with Crippen LogP contribution in [0.4, 0.5) is 16.0 Å². The van der Waals surface area contributed by atoms with E-state index in [2.05, 4.69) is 5.32 Å². The van der Waals surface area contributed by atoms with Gasteiger partial charge in [0.1, 0.15) is 0 Å². The van der Waals surface area contributed by atoms with Crippen molar-refractivity contribution in [1.29, 1.82) is 0 Å². The number of hydrogen-bond donors (Lipinski definition) is 2. The van der Waals surface area contributed by atoms with Gasteiger partial charge in [-0.2, -0.15) is 0 Å². The van der Waals surface area contributed by atoms with Gasteiger partial charge in [0, 0.05) is 17.8 Å². The van der Waals surface area contributed by atoms with Crippen LogP contribution in [-0.2, 0) is 0 Å². The Hall–Kier alpha value is -2.50. The molecule has 0 saturated carbocycles. The number of benzene rings is 1. The Kier molecular flexibility index (Phi) is 3.18. The number of furan rings is 1. The van der Waals surface area contributed by atoms with E-state index in [4.69, 9.17) is 14.3 Å². The Bertz CT molecular complexity index is 579. The van der Waals surface area contributed by atoms with Crippen LogP contribution in [0.5, 0.6) is 5.75 Å². The summed E-state index contributed by atoms with van der Waals surface area (Å²) in [6, 6.07) is 7.03. The van der Waals surface area contributed by atoms with Crippen molar-refractivity contribution in [3.63, 3.8) is 0 Å². The Morgan fingerprint density at radius 3 is 2.72 bits per heavy atom. The van der Waals surface area contributed by atoms with Crippen molar-refractivity contribution in [2.24, 2.45) is 0 Å². The number of rotatable bonds is 4. The largest absolute Gasteiger partial charge is 0.494 e. The number of ether oxygens (including phenoxy) is 1. The minimum Gasteiger partial charge on any atom is -0.494 e. The van der Waals surface area contributed by atoms with Gasteiger partial charge < -0.3 is 19.6 Å². The molecule has 0 aliphatic heterocycles. The maximum atomic E-state index is 13.4. The molecule has 0 unspecified atom stereocenters. The van der Waals surface area contributed by atoms with Crippen LogP contribution < -0.4 is 10.1 Å². The summed E-state index contributed by atoms with van der Waals surface area (Å²) >= 11 is 0. The van der Waals surface area contributed by atoms with Crippen molar-refractivity contribution in [2.45, 2.75) is 0 Å². The third-order valence-corrected chi connectivity index (χ3v) is 2.24. The third-order valence-electron chi connectivity index (χ3n) is 2.24. The van der Waals surface area contributed by atoms with Crippen molar-refractivity contribution in [1.82, 2.24) is 0 Å². The zero-order chi connectivity index (χ0) is 13.1. The number of anilines is 2. The summed E-state index contributed by atoms with van der Waals surface area (Å²) in [6.07, 6.45) is 0. The average Bonchev–Trinajstić information content (AvgIpc) is 2.78. The van der Waals surface area contributed by atoms with Crippen LogP contribution in [0.15, 0.2) is 34.7 Å². The lowest BCUT2D eigenvalue weighted by Crippen LogP contribution is -1.93. The second kappa shape index (κ2) is 4.79. The number of hydrogen-bond acceptors (Lipinski definition) is 4. The number of carboxylic acids is 1. The molecular formula is C12H10FNO4. The molecule has 0 bridgehead atoms. The monoisotopic (exact) mass is 251 g/mol. The van der Waals surface area contributed by atoms with Gasteiger partial charge in [-0.05, 0) is 18.2 Å². The van der Waals surface area contributed by atoms with E-state index in [9.17, 15) is 9.18 Å². The quantitative estimate of drug-likeness (QED) is 0.874. The van der Waals surface area contributed by atoms with Gasteiger partial charge in [0.2, 0.25) is 5.76 Å². The molecule has 5 nitrogen and oxygen atoms in total. The van der Waals surface area contributed by atoms with E-state index in [0.29, 0.717) is 5.69 Å². The van der Waals surface area contributed by atoms with E-state index in [-0.39, 0.29) is 17.4 Å². The van der Waals surface area contributed by atoms with E-state index in [1.807, 2.05) is 0 Å². The lowest BCUT2D eigenvalue weighted by atomic mass is 10.3. The first-order chi connectivity index (χ1) is 8.60. The average molecular weight is 251 g/mol. The molecule has 1 heterocycles. The molecule has 1 aromatic heterocycles. The normalized spacial score (nSPS) is 10.1. The molecule has 0 spiro atoms. The van der Waals surface area contributed by atoms with Gasteiger partial charge in [-0.1, -0.05) is 0 Å². The highest BCUT2D eigenvalue weighted by molar-refractivity contribution is 5.85. The number of carbonyl (C=O) groups is 1. The Balaban J connectivity index is 2.18. The third kappa shape index (κ3) is 2.42. The van der Waals surface area contributed by atoms with Crippen LogP contribution in [0.2, 0.25) is 0 Å². The highest BCUT2D eigenvalue weighted by atomic mass is 19.1. The molecule has 0 aliphatic rings. The van der Waals surface area contributed by atoms with Gasteiger partial charge >= 0.3 is 5.97 Å². The van der Waals surface area contributed by atoms with Crippen LogP contribution in [0.3, 0.4) is 0 Å². The molecular weight excluding hydrogens is 241 g/mol. The van der Waals surface area contributed by atoms with Crippen molar-refractivity contribution in [3.8, 4) is 5.75 Å². The SMILES string of the molecule is COc1ccc(Nc2ccc(C(=O)O)o2)cc1F. The van der Waals surface area contributed by atoms with E-state index in [1.54, 1.807) is 6.07 Å². The zero-order valence-electron chi connectivity index (χ0n) is 9.44. The molecule has 18 heavy (non-hydrogen) atoms. The Morgan fingerprint density at radius 1 is 1.39 bits per heavy atom. The van der Waals surface area contributed by atoms with E-state index >= 15 is 0 Å². The highest BCUT2D eigenvalue weighted by Crippen LogP contribution is 2.24. The van der Waals surface area contributed by atoms with Crippen molar-refractivity contribution >= 4 is 17.5 Å². The second-order valence-corrected chi connectivity index (χ2v) is 3.44. The molecule has 0 fully saturated rings. The molecule has 0 saturated heterocycles. The van der Waals surface area contributed by atoms with Gasteiger partial charge in [-0.3, -0.25) is 0 Å². The Morgan fingerprint density at radius 2 is 2.17 bits per heavy atom. The summed E-state index contributed by atoms with van der Waals surface area (Å²) in [4.78, 5) is 10.6. The molecule has 2 rings (SSSR count).